The van der Waals surface area contributed by atoms with E-state index in [4.69, 9.17) is 5.73 Å². The maximum Gasteiger partial charge on any atom is 0.0360 e. The second-order valence-corrected chi connectivity index (χ2v) is 4.80. The van der Waals surface area contributed by atoms with Crippen molar-refractivity contribution in [3.8, 4) is 11.1 Å². The first kappa shape index (κ1) is 9.74. The Balaban J connectivity index is 2.53. The lowest BCUT2D eigenvalue weighted by atomic mass is 10.1. The SMILES string of the molecule is Cc1cc(-c2cscc2Br)ccc1N. The van der Waals surface area contributed by atoms with Crippen LogP contribution in [-0.4, -0.2) is 0 Å². The summed E-state index contributed by atoms with van der Waals surface area (Å²) in [7, 11) is 0. The Kier molecular flexibility index (Phi) is 2.61. The normalized spacial score (nSPS) is 10.4. The molecular weight excluding hydrogens is 258 g/mol. The molecule has 72 valence electrons. The van der Waals surface area contributed by atoms with Gasteiger partial charge in [0.1, 0.15) is 0 Å². The molecule has 1 aromatic carbocycles. The van der Waals surface area contributed by atoms with Crippen molar-refractivity contribution in [2.24, 2.45) is 0 Å². The first-order chi connectivity index (χ1) is 6.68. The number of benzene rings is 1. The molecule has 0 aliphatic carbocycles. The maximum atomic E-state index is 5.77. The van der Waals surface area contributed by atoms with Gasteiger partial charge in [-0.05, 0) is 51.5 Å². The van der Waals surface area contributed by atoms with Crippen LogP contribution in [0.3, 0.4) is 0 Å². The van der Waals surface area contributed by atoms with Crippen LogP contribution in [0.25, 0.3) is 11.1 Å². The third kappa shape index (κ3) is 1.70. The van der Waals surface area contributed by atoms with Gasteiger partial charge in [-0.25, -0.2) is 0 Å². The highest BCUT2D eigenvalue weighted by Crippen LogP contribution is 2.32. The topological polar surface area (TPSA) is 26.0 Å². The Bertz CT molecular complexity index is 462. The summed E-state index contributed by atoms with van der Waals surface area (Å²) in [6.45, 7) is 2.03. The van der Waals surface area contributed by atoms with Gasteiger partial charge in [0.05, 0.1) is 0 Å². The number of thiophene rings is 1. The quantitative estimate of drug-likeness (QED) is 0.775. The van der Waals surface area contributed by atoms with Crippen molar-refractivity contribution < 1.29 is 0 Å². The molecule has 0 unspecified atom stereocenters. The zero-order valence-corrected chi connectivity index (χ0v) is 10.2. The van der Waals surface area contributed by atoms with Crippen LogP contribution in [0.4, 0.5) is 5.69 Å². The number of hydrogen-bond acceptors (Lipinski definition) is 2. The van der Waals surface area contributed by atoms with E-state index in [1.807, 2.05) is 13.0 Å². The van der Waals surface area contributed by atoms with E-state index >= 15 is 0 Å². The molecule has 1 aromatic heterocycles. The van der Waals surface area contributed by atoms with Crippen molar-refractivity contribution >= 4 is 33.0 Å². The van der Waals surface area contributed by atoms with E-state index in [1.54, 1.807) is 11.3 Å². The highest BCUT2D eigenvalue weighted by molar-refractivity contribution is 9.10. The molecule has 2 aromatic rings. The highest BCUT2D eigenvalue weighted by atomic mass is 79.9. The van der Waals surface area contributed by atoms with Crippen LogP contribution < -0.4 is 5.73 Å². The molecule has 0 saturated carbocycles. The molecule has 3 heteroatoms. The van der Waals surface area contributed by atoms with Crippen molar-refractivity contribution in [3.63, 3.8) is 0 Å². The fourth-order valence-corrected chi connectivity index (χ4v) is 2.86. The molecule has 0 saturated heterocycles. The van der Waals surface area contributed by atoms with Gasteiger partial charge in [0, 0.05) is 21.1 Å². The van der Waals surface area contributed by atoms with E-state index in [0.29, 0.717) is 0 Å². The molecule has 2 N–H and O–H groups in total. The molecular formula is C11H10BrNS. The van der Waals surface area contributed by atoms with Crippen molar-refractivity contribution in [1.82, 2.24) is 0 Å². The van der Waals surface area contributed by atoms with E-state index in [-0.39, 0.29) is 0 Å². The Hall–Kier alpha value is -0.800. The van der Waals surface area contributed by atoms with Crippen molar-refractivity contribution in [2.75, 3.05) is 5.73 Å². The minimum atomic E-state index is 0.847. The van der Waals surface area contributed by atoms with Crippen LogP contribution in [0.2, 0.25) is 0 Å². The standard InChI is InChI=1S/C11H10BrNS/c1-7-4-8(2-3-11(7)13)9-5-14-6-10(9)12/h2-6H,13H2,1H3. The summed E-state index contributed by atoms with van der Waals surface area (Å²) >= 11 is 5.22. The monoisotopic (exact) mass is 267 g/mol. The third-order valence-electron chi connectivity index (χ3n) is 2.20. The van der Waals surface area contributed by atoms with Crippen LogP contribution in [0.15, 0.2) is 33.4 Å². The zero-order valence-electron chi connectivity index (χ0n) is 7.75. The van der Waals surface area contributed by atoms with E-state index in [9.17, 15) is 0 Å². The molecule has 0 atom stereocenters. The lowest BCUT2D eigenvalue weighted by Crippen LogP contribution is -1.89. The number of anilines is 1. The lowest BCUT2D eigenvalue weighted by molar-refractivity contribution is 1.47. The summed E-state index contributed by atoms with van der Waals surface area (Å²) in [5.41, 5.74) is 10.2. The lowest BCUT2D eigenvalue weighted by Gasteiger charge is -2.03. The number of nitrogens with two attached hydrogens (primary N) is 1. The van der Waals surface area contributed by atoms with Gasteiger partial charge in [-0.3, -0.25) is 0 Å². The Morgan fingerprint density at radius 3 is 2.64 bits per heavy atom. The fraction of sp³-hybridized carbons (Fsp3) is 0.0909. The van der Waals surface area contributed by atoms with Crippen LogP contribution in [0, 0.1) is 6.92 Å². The molecule has 0 aliphatic heterocycles. The van der Waals surface area contributed by atoms with Gasteiger partial charge < -0.3 is 5.73 Å². The van der Waals surface area contributed by atoms with Crippen molar-refractivity contribution in [1.29, 1.82) is 0 Å². The predicted octanol–water partition coefficient (Wildman–Crippen LogP) is 4.07. The minimum Gasteiger partial charge on any atom is -0.399 e. The van der Waals surface area contributed by atoms with Gasteiger partial charge in [0.2, 0.25) is 0 Å². The first-order valence-electron chi connectivity index (χ1n) is 4.26. The van der Waals surface area contributed by atoms with Gasteiger partial charge in [0.25, 0.3) is 0 Å². The average molecular weight is 268 g/mol. The summed E-state index contributed by atoms with van der Waals surface area (Å²) < 4.78 is 1.15. The Labute approximate surface area is 95.7 Å². The van der Waals surface area contributed by atoms with Gasteiger partial charge >= 0.3 is 0 Å². The molecule has 0 bridgehead atoms. The summed E-state index contributed by atoms with van der Waals surface area (Å²) in [5.74, 6) is 0. The summed E-state index contributed by atoms with van der Waals surface area (Å²) in [4.78, 5) is 0. The predicted molar refractivity (Wildman–Crippen MR) is 66.6 cm³/mol. The molecule has 0 radical (unpaired) electrons. The number of aryl methyl sites for hydroxylation is 1. The maximum absolute atomic E-state index is 5.77. The van der Waals surface area contributed by atoms with Gasteiger partial charge in [0.15, 0.2) is 0 Å². The molecule has 0 amide bonds. The van der Waals surface area contributed by atoms with Crippen molar-refractivity contribution in [2.45, 2.75) is 6.92 Å². The largest absolute Gasteiger partial charge is 0.399 e. The zero-order chi connectivity index (χ0) is 10.1. The van der Waals surface area contributed by atoms with Gasteiger partial charge in [-0.1, -0.05) is 6.07 Å². The van der Waals surface area contributed by atoms with Crippen LogP contribution in [-0.2, 0) is 0 Å². The Morgan fingerprint density at radius 1 is 1.29 bits per heavy atom. The Morgan fingerprint density at radius 2 is 2.07 bits per heavy atom. The fourth-order valence-electron chi connectivity index (χ4n) is 1.33. The molecule has 2 rings (SSSR count). The van der Waals surface area contributed by atoms with Crippen LogP contribution >= 0.6 is 27.3 Å². The van der Waals surface area contributed by atoms with Gasteiger partial charge in [-0.2, -0.15) is 11.3 Å². The number of hydrogen-bond donors (Lipinski definition) is 1. The second kappa shape index (κ2) is 3.75. The number of nitrogen functional groups attached to an aromatic ring is 1. The van der Waals surface area contributed by atoms with E-state index in [2.05, 4.69) is 38.8 Å². The smallest absolute Gasteiger partial charge is 0.0360 e. The van der Waals surface area contributed by atoms with Crippen molar-refractivity contribution in [3.05, 3.63) is 39.0 Å². The van der Waals surface area contributed by atoms with E-state index in [0.717, 1.165) is 15.7 Å². The third-order valence-corrected chi connectivity index (χ3v) is 3.90. The molecule has 14 heavy (non-hydrogen) atoms. The molecule has 0 fully saturated rings. The second-order valence-electron chi connectivity index (χ2n) is 3.20. The highest BCUT2D eigenvalue weighted by Gasteiger charge is 2.04. The molecule has 0 aliphatic rings. The molecule has 1 nitrogen and oxygen atoms in total. The summed E-state index contributed by atoms with van der Waals surface area (Å²) in [6.07, 6.45) is 0. The van der Waals surface area contributed by atoms with Gasteiger partial charge in [-0.15, -0.1) is 0 Å². The minimum absolute atomic E-state index is 0.847. The average Bonchev–Trinajstić information content (AvgIpc) is 2.57. The summed E-state index contributed by atoms with van der Waals surface area (Å²) in [6, 6.07) is 6.12. The molecule has 0 spiro atoms. The molecule has 1 heterocycles. The first-order valence-corrected chi connectivity index (χ1v) is 6.00. The van der Waals surface area contributed by atoms with E-state index < -0.39 is 0 Å². The van der Waals surface area contributed by atoms with Crippen LogP contribution in [0.5, 0.6) is 0 Å². The van der Waals surface area contributed by atoms with Crippen LogP contribution in [0.1, 0.15) is 5.56 Å². The summed E-state index contributed by atoms with van der Waals surface area (Å²) in [5, 5.41) is 4.22. The number of halogens is 1. The van der Waals surface area contributed by atoms with E-state index in [1.165, 1.54) is 11.1 Å². The number of rotatable bonds is 1.